The molecule has 10 heteroatoms. The minimum atomic E-state index is -1.10. The van der Waals surface area contributed by atoms with Crippen LogP contribution in [0.15, 0.2) is 24.3 Å². The van der Waals surface area contributed by atoms with E-state index in [1.54, 1.807) is 4.90 Å². The van der Waals surface area contributed by atoms with Gasteiger partial charge in [-0.3, -0.25) is 19.7 Å². The monoisotopic (exact) mass is 528 g/mol. The van der Waals surface area contributed by atoms with Crippen LogP contribution in [0.3, 0.4) is 0 Å². The second-order valence-corrected chi connectivity index (χ2v) is 11.8. The number of piperidine rings is 3. The van der Waals surface area contributed by atoms with Crippen LogP contribution in [0.1, 0.15) is 77.2 Å². The fraction of sp³-hybridized carbons (Fsp3) is 0.643. The molecular formula is C28H40N4O6. The summed E-state index contributed by atoms with van der Waals surface area (Å²) in [5.41, 5.74) is 0.361. The number of rotatable bonds is 5. The molecule has 0 aromatic heterocycles. The molecule has 0 spiro atoms. The molecule has 38 heavy (non-hydrogen) atoms. The van der Waals surface area contributed by atoms with Crippen LogP contribution >= 0.6 is 0 Å². The van der Waals surface area contributed by atoms with Crippen LogP contribution in [-0.4, -0.2) is 82.1 Å². The van der Waals surface area contributed by atoms with E-state index in [0.717, 1.165) is 18.5 Å². The molecule has 0 radical (unpaired) electrons. The van der Waals surface area contributed by atoms with Crippen LogP contribution in [0.4, 0.5) is 10.5 Å². The molecule has 1 unspecified atom stereocenters. The Bertz CT molecular complexity index is 1030. The maximum Gasteiger partial charge on any atom is 0.410 e. The molecule has 3 heterocycles. The van der Waals surface area contributed by atoms with Crippen molar-refractivity contribution in [3.05, 3.63) is 29.8 Å². The van der Waals surface area contributed by atoms with Crippen LogP contribution < -0.4 is 10.6 Å². The van der Waals surface area contributed by atoms with Crippen molar-refractivity contribution in [2.75, 3.05) is 31.5 Å². The summed E-state index contributed by atoms with van der Waals surface area (Å²) in [4.78, 5) is 52.0. The van der Waals surface area contributed by atoms with Crippen molar-refractivity contribution in [2.24, 2.45) is 0 Å². The van der Waals surface area contributed by atoms with Crippen molar-refractivity contribution in [3.8, 4) is 0 Å². The third kappa shape index (κ3) is 7.24. The zero-order valence-electron chi connectivity index (χ0n) is 22.6. The molecule has 4 rings (SSSR count). The van der Waals surface area contributed by atoms with E-state index >= 15 is 0 Å². The van der Waals surface area contributed by atoms with Gasteiger partial charge in [-0.2, -0.15) is 0 Å². The summed E-state index contributed by atoms with van der Waals surface area (Å²) in [6.07, 6.45) is 2.90. The first-order valence-electron chi connectivity index (χ1n) is 13.6. The van der Waals surface area contributed by atoms with Gasteiger partial charge in [0, 0.05) is 38.3 Å². The highest BCUT2D eigenvalue weighted by molar-refractivity contribution is 6.01. The number of carbonyl (C=O) groups is 4. The minimum Gasteiger partial charge on any atom is -0.444 e. The van der Waals surface area contributed by atoms with Crippen molar-refractivity contribution in [3.63, 3.8) is 0 Å². The van der Waals surface area contributed by atoms with Crippen LogP contribution in [0, 0.1) is 0 Å². The van der Waals surface area contributed by atoms with E-state index in [1.807, 2.05) is 37.8 Å². The summed E-state index contributed by atoms with van der Waals surface area (Å²) in [7, 11) is 0. The molecule has 3 aliphatic rings. The number of amides is 4. The molecular weight excluding hydrogens is 488 g/mol. The predicted molar refractivity (Wildman–Crippen MR) is 141 cm³/mol. The third-order valence-corrected chi connectivity index (χ3v) is 7.64. The van der Waals surface area contributed by atoms with Crippen LogP contribution in [0.2, 0.25) is 0 Å². The molecule has 3 saturated heterocycles. The molecule has 1 aromatic carbocycles. The zero-order chi connectivity index (χ0) is 27.5. The Morgan fingerprint density at radius 1 is 1.03 bits per heavy atom. The number of nitrogens with one attached hydrogen (secondary N) is 2. The van der Waals surface area contributed by atoms with Gasteiger partial charge in [-0.1, -0.05) is 12.1 Å². The minimum absolute atomic E-state index is 0.0412. The summed E-state index contributed by atoms with van der Waals surface area (Å²) in [6, 6.07) is 7.60. The topological polar surface area (TPSA) is 128 Å². The molecule has 3 N–H and O–H groups in total. The molecule has 0 saturated carbocycles. The summed E-state index contributed by atoms with van der Waals surface area (Å²) >= 11 is 0. The number of anilines is 1. The Hall–Kier alpha value is -3.14. The lowest BCUT2D eigenvalue weighted by Crippen LogP contribution is -2.50. The highest BCUT2D eigenvalue weighted by atomic mass is 16.6. The molecule has 0 bridgehead atoms. The van der Waals surface area contributed by atoms with Gasteiger partial charge in [0.25, 0.3) is 0 Å². The van der Waals surface area contributed by atoms with Crippen LogP contribution in [-0.2, 0) is 19.1 Å². The third-order valence-electron chi connectivity index (χ3n) is 7.64. The quantitative estimate of drug-likeness (QED) is 0.502. The van der Waals surface area contributed by atoms with Gasteiger partial charge in [0.05, 0.1) is 12.0 Å². The number of benzene rings is 1. The summed E-state index contributed by atoms with van der Waals surface area (Å²) < 4.78 is 5.42. The largest absolute Gasteiger partial charge is 0.444 e. The van der Waals surface area contributed by atoms with Gasteiger partial charge in [-0.15, -0.1) is 0 Å². The van der Waals surface area contributed by atoms with Gasteiger partial charge in [0.15, 0.2) is 0 Å². The molecule has 10 nitrogen and oxygen atoms in total. The van der Waals surface area contributed by atoms with E-state index < -0.39 is 17.2 Å². The lowest BCUT2D eigenvalue weighted by atomic mass is 9.86. The Morgan fingerprint density at radius 3 is 2.24 bits per heavy atom. The molecule has 1 atom stereocenters. The first-order chi connectivity index (χ1) is 17.9. The highest BCUT2D eigenvalue weighted by Crippen LogP contribution is 2.32. The summed E-state index contributed by atoms with van der Waals surface area (Å²) in [5.74, 6) is -0.226. The van der Waals surface area contributed by atoms with Crippen molar-refractivity contribution >= 4 is 29.5 Å². The smallest absolute Gasteiger partial charge is 0.410 e. The van der Waals surface area contributed by atoms with E-state index in [1.165, 1.54) is 5.56 Å². The standard InChI is InChI=1S/C28H40N4O6/c1-27(2,3)38-26(36)32-16-12-28(37,13-17-32)18-24(34)31-14-10-20(11-15-31)19-4-6-21(7-5-19)29-22-8-9-23(33)30-25(22)35/h4-7,20,22,29,37H,8-18H2,1-3H3,(H,30,33,35). The number of hydrogen-bond donors (Lipinski definition) is 3. The lowest BCUT2D eigenvalue weighted by Gasteiger charge is -2.40. The number of aliphatic hydroxyl groups is 1. The van der Waals surface area contributed by atoms with Gasteiger partial charge in [-0.25, -0.2) is 4.79 Å². The maximum absolute atomic E-state index is 13.0. The Morgan fingerprint density at radius 2 is 1.66 bits per heavy atom. The zero-order valence-corrected chi connectivity index (χ0v) is 22.6. The van der Waals surface area contributed by atoms with Gasteiger partial charge in [0.1, 0.15) is 11.6 Å². The van der Waals surface area contributed by atoms with E-state index in [-0.39, 0.29) is 30.2 Å². The SMILES string of the molecule is CC(C)(C)OC(=O)N1CCC(O)(CC(=O)N2CCC(c3ccc(NC4CCC(=O)NC4=O)cc3)CC2)CC1. The van der Waals surface area contributed by atoms with Gasteiger partial charge in [-0.05, 0) is 76.5 Å². The summed E-state index contributed by atoms with van der Waals surface area (Å²) in [5, 5.41) is 16.6. The van der Waals surface area contributed by atoms with Crippen molar-refractivity contribution in [1.82, 2.24) is 15.1 Å². The highest BCUT2D eigenvalue weighted by Gasteiger charge is 2.38. The average molecular weight is 529 g/mol. The average Bonchev–Trinajstić information content (AvgIpc) is 2.85. The number of hydrogen-bond acceptors (Lipinski definition) is 7. The fourth-order valence-corrected chi connectivity index (χ4v) is 5.35. The fourth-order valence-electron chi connectivity index (χ4n) is 5.35. The Labute approximate surface area is 224 Å². The van der Waals surface area contributed by atoms with Crippen LogP contribution in [0.25, 0.3) is 0 Å². The van der Waals surface area contributed by atoms with Crippen LogP contribution in [0.5, 0.6) is 0 Å². The maximum atomic E-state index is 13.0. The number of carbonyl (C=O) groups excluding carboxylic acids is 4. The first kappa shape index (κ1) is 27.9. The number of ether oxygens (including phenoxy) is 1. The van der Waals surface area contributed by atoms with E-state index in [0.29, 0.717) is 57.8 Å². The first-order valence-corrected chi connectivity index (χ1v) is 13.6. The Balaban J connectivity index is 1.21. The Kier molecular flexibility index (Phi) is 8.30. The van der Waals surface area contributed by atoms with Crippen molar-refractivity contribution in [2.45, 2.75) is 88.9 Å². The number of imide groups is 1. The number of likely N-dealkylation sites (tertiary alicyclic amines) is 2. The van der Waals surface area contributed by atoms with Gasteiger partial charge < -0.3 is 25.0 Å². The van der Waals surface area contributed by atoms with E-state index in [4.69, 9.17) is 4.74 Å². The molecule has 208 valence electrons. The number of nitrogens with zero attached hydrogens (tertiary/aromatic N) is 2. The van der Waals surface area contributed by atoms with Gasteiger partial charge in [0.2, 0.25) is 17.7 Å². The molecule has 3 aliphatic heterocycles. The molecule has 0 aliphatic carbocycles. The molecule has 1 aromatic rings. The van der Waals surface area contributed by atoms with Crippen molar-refractivity contribution < 1.29 is 29.0 Å². The van der Waals surface area contributed by atoms with E-state index in [2.05, 4.69) is 22.8 Å². The summed E-state index contributed by atoms with van der Waals surface area (Å²) in [6.45, 7) is 7.49. The van der Waals surface area contributed by atoms with Crippen molar-refractivity contribution in [1.29, 1.82) is 0 Å². The normalized spacial score (nSPS) is 22.6. The van der Waals surface area contributed by atoms with Gasteiger partial charge >= 0.3 is 6.09 Å². The van der Waals surface area contributed by atoms with E-state index in [9.17, 15) is 24.3 Å². The predicted octanol–water partition coefficient (Wildman–Crippen LogP) is 2.76. The molecule has 4 amide bonds. The second-order valence-electron chi connectivity index (χ2n) is 11.8. The molecule has 3 fully saturated rings. The lowest BCUT2D eigenvalue weighted by molar-refractivity contribution is -0.139. The second kappa shape index (κ2) is 11.3.